The molecule has 196 valence electrons. The van der Waals surface area contributed by atoms with Gasteiger partial charge in [-0.1, -0.05) is 24.3 Å². The SMILES string of the molecule is CC(C)N1CCCC(c2ccc(-c3cc4c(N5CCN(C(=O)[C@H]6C[C@H](O)C6)CC5)ccnn4c3)cc2)C1. The third-order valence-corrected chi connectivity index (χ3v) is 8.78. The highest BCUT2D eigenvalue weighted by molar-refractivity contribution is 5.82. The summed E-state index contributed by atoms with van der Waals surface area (Å²) in [6, 6.07) is 14.1. The number of hydrogen-bond donors (Lipinski definition) is 1. The Morgan fingerprint density at radius 1 is 1.00 bits per heavy atom. The Kier molecular flexibility index (Phi) is 6.67. The molecule has 0 radical (unpaired) electrons. The largest absolute Gasteiger partial charge is 0.393 e. The first-order valence-electron chi connectivity index (χ1n) is 14.0. The maximum atomic E-state index is 12.7. The molecule has 0 bridgehead atoms. The van der Waals surface area contributed by atoms with Crippen LogP contribution < -0.4 is 4.90 Å². The highest BCUT2D eigenvalue weighted by Gasteiger charge is 2.36. The third kappa shape index (κ3) is 4.87. The van der Waals surface area contributed by atoms with E-state index in [0.29, 0.717) is 24.8 Å². The smallest absolute Gasteiger partial charge is 0.226 e. The van der Waals surface area contributed by atoms with Crippen molar-refractivity contribution in [1.82, 2.24) is 19.4 Å². The molecule has 1 amide bonds. The molecule has 1 unspecified atom stereocenters. The summed E-state index contributed by atoms with van der Waals surface area (Å²) in [7, 11) is 0. The number of anilines is 1. The second-order valence-electron chi connectivity index (χ2n) is 11.5. The maximum Gasteiger partial charge on any atom is 0.226 e. The van der Waals surface area contributed by atoms with Gasteiger partial charge in [-0.2, -0.15) is 5.10 Å². The second-order valence-corrected chi connectivity index (χ2v) is 11.5. The minimum Gasteiger partial charge on any atom is -0.393 e. The normalized spacial score (nSPS) is 25.0. The van der Waals surface area contributed by atoms with Crippen LogP contribution in [0.5, 0.6) is 0 Å². The number of hydrogen-bond acceptors (Lipinski definition) is 5. The number of carbonyl (C=O) groups excluding carboxylic acids is 1. The molecule has 3 aliphatic rings. The molecule has 1 saturated carbocycles. The molecule has 7 nitrogen and oxygen atoms in total. The zero-order valence-corrected chi connectivity index (χ0v) is 22.1. The van der Waals surface area contributed by atoms with Gasteiger partial charge in [-0.15, -0.1) is 0 Å². The number of aliphatic hydroxyl groups is 1. The van der Waals surface area contributed by atoms with Gasteiger partial charge < -0.3 is 19.8 Å². The van der Waals surface area contributed by atoms with E-state index in [1.54, 1.807) is 0 Å². The van der Waals surface area contributed by atoms with Crippen LogP contribution in [0.15, 0.2) is 48.8 Å². The molecule has 3 fully saturated rings. The molecule has 1 aromatic carbocycles. The van der Waals surface area contributed by atoms with E-state index >= 15 is 0 Å². The van der Waals surface area contributed by atoms with E-state index in [0.717, 1.165) is 38.2 Å². The molecule has 2 saturated heterocycles. The van der Waals surface area contributed by atoms with Gasteiger partial charge >= 0.3 is 0 Å². The van der Waals surface area contributed by atoms with Crippen molar-refractivity contribution >= 4 is 17.1 Å². The van der Waals surface area contributed by atoms with Crippen molar-refractivity contribution in [2.75, 3.05) is 44.2 Å². The monoisotopic (exact) mass is 501 g/mol. The molecular formula is C30H39N5O2. The second kappa shape index (κ2) is 10.1. The molecule has 1 aliphatic carbocycles. The summed E-state index contributed by atoms with van der Waals surface area (Å²) in [5.41, 5.74) is 6.11. The van der Waals surface area contributed by atoms with E-state index in [2.05, 4.69) is 71.3 Å². The van der Waals surface area contributed by atoms with Crippen molar-refractivity contribution in [3.05, 3.63) is 54.4 Å². The first-order valence-corrected chi connectivity index (χ1v) is 14.0. The molecule has 7 heteroatoms. The van der Waals surface area contributed by atoms with Gasteiger partial charge in [0.25, 0.3) is 0 Å². The van der Waals surface area contributed by atoms with Gasteiger partial charge in [0.1, 0.15) is 0 Å². The predicted molar refractivity (Wildman–Crippen MR) is 147 cm³/mol. The molecule has 3 aromatic rings. The van der Waals surface area contributed by atoms with Crippen LogP contribution in [0.3, 0.4) is 0 Å². The summed E-state index contributed by atoms with van der Waals surface area (Å²) < 4.78 is 1.98. The van der Waals surface area contributed by atoms with Gasteiger partial charge in [-0.3, -0.25) is 4.79 Å². The number of piperidine rings is 1. The molecule has 6 rings (SSSR count). The lowest BCUT2D eigenvalue weighted by atomic mass is 9.81. The molecule has 2 aliphatic heterocycles. The fraction of sp³-hybridized carbons (Fsp3) is 0.533. The van der Waals surface area contributed by atoms with Crippen LogP contribution in [-0.4, -0.2) is 81.8 Å². The zero-order chi connectivity index (χ0) is 25.5. The maximum absolute atomic E-state index is 12.7. The standard InChI is InChI=1S/C30H39N5O2/c1-21(2)34-11-3-4-24(19-34)22-5-7-23(8-6-22)26-18-29-28(9-10-31-35(29)20-26)32-12-14-33(15-13-32)30(37)25-16-27(36)17-25/h5-10,18,20-21,24-25,27,36H,3-4,11-17,19H2,1-2H3/t24?,25-,27-. The third-order valence-electron chi connectivity index (χ3n) is 8.78. The molecular weight excluding hydrogens is 462 g/mol. The van der Waals surface area contributed by atoms with E-state index in [1.807, 2.05) is 15.6 Å². The summed E-state index contributed by atoms with van der Waals surface area (Å²) in [5, 5.41) is 14.1. The Labute approximate surface area is 219 Å². The number of rotatable bonds is 5. The number of nitrogens with zero attached hydrogens (tertiary/aromatic N) is 5. The van der Waals surface area contributed by atoms with Crippen LogP contribution in [0.25, 0.3) is 16.6 Å². The molecule has 1 N–H and O–H groups in total. The zero-order valence-electron chi connectivity index (χ0n) is 22.1. The number of likely N-dealkylation sites (tertiary alicyclic amines) is 1. The molecule has 4 heterocycles. The van der Waals surface area contributed by atoms with Gasteiger partial charge in [0, 0.05) is 62.6 Å². The highest BCUT2D eigenvalue weighted by atomic mass is 16.3. The van der Waals surface area contributed by atoms with Crippen LogP contribution in [0.4, 0.5) is 5.69 Å². The van der Waals surface area contributed by atoms with E-state index in [1.165, 1.54) is 41.8 Å². The molecule has 1 atom stereocenters. The first kappa shape index (κ1) is 24.4. The van der Waals surface area contributed by atoms with Gasteiger partial charge in [0.2, 0.25) is 5.91 Å². The minimum atomic E-state index is -0.289. The minimum absolute atomic E-state index is 0.0148. The Morgan fingerprint density at radius 2 is 1.76 bits per heavy atom. The lowest BCUT2D eigenvalue weighted by Gasteiger charge is -2.40. The van der Waals surface area contributed by atoms with Crippen LogP contribution in [-0.2, 0) is 4.79 Å². The van der Waals surface area contributed by atoms with Crippen LogP contribution in [0, 0.1) is 5.92 Å². The molecule has 0 spiro atoms. The molecule has 2 aromatic heterocycles. The van der Waals surface area contributed by atoms with Gasteiger partial charge in [-0.25, -0.2) is 4.52 Å². The van der Waals surface area contributed by atoms with Gasteiger partial charge in [0.05, 0.1) is 17.3 Å². The van der Waals surface area contributed by atoms with Crippen LogP contribution in [0.1, 0.15) is 51.0 Å². The van der Waals surface area contributed by atoms with E-state index in [9.17, 15) is 9.90 Å². The summed E-state index contributed by atoms with van der Waals surface area (Å²) in [5.74, 6) is 0.843. The molecule has 37 heavy (non-hydrogen) atoms. The highest BCUT2D eigenvalue weighted by Crippen LogP contribution is 2.33. The summed E-state index contributed by atoms with van der Waals surface area (Å²) in [6.45, 7) is 10.0. The number of aromatic nitrogens is 2. The quantitative estimate of drug-likeness (QED) is 0.572. The van der Waals surface area contributed by atoms with E-state index < -0.39 is 0 Å². The summed E-state index contributed by atoms with van der Waals surface area (Å²) in [6.07, 6.45) is 7.48. The fourth-order valence-electron chi connectivity index (χ4n) is 6.34. The lowest BCUT2D eigenvalue weighted by molar-refractivity contribution is -0.142. The number of aliphatic hydroxyl groups excluding tert-OH is 1. The number of amides is 1. The average molecular weight is 502 g/mol. The van der Waals surface area contributed by atoms with E-state index in [-0.39, 0.29) is 17.9 Å². The van der Waals surface area contributed by atoms with Gasteiger partial charge in [0.15, 0.2) is 0 Å². The Hall–Kier alpha value is -2.90. The lowest BCUT2D eigenvalue weighted by Crippen LogP contribution is -2.52. The van der Waals surface area contributed by atoms with Gasteiger partial charge in [-0.05, 0) is 75.3 Å². The Bertz CT molecular complexity index is 1240. The average Bonchev–Trinajstić information content (AvgIpc) is 3.36. The van der Waals surface area contributed by atoms with Crippen molar-refractivity contribution < 1.29 is 9.90 Å². The Balaban J connectivity index is 1.15. The first-order chi connectivity index (χ1) is 18.0. The van der Waals surface area contributed by atoms with Crippen molar-refractivity contribution in [3.63, 3.8) is 0 Å². The van der Waals surface area contributed by atoms with E-state index in [4.69, 9.17) is 0 Å². The predicted octanol–water partition coefficient (Wildman–Crippen LogP) is 4.01. The number of piperazine rings is 1. The van der Waals surface area contributed by atoms with Crippen molar-refractivity contribution in [2.24, 2.45) is 5.92 Å². The van der Waals surface area contributed by atoms with Crippen LogP contribution in [0.2, 0.25) is 0 Å². The number of fused-ring (bicyclic) bond motifs is 1. The number of benzene rings is 1. The fourth-order valence-corrected chi connectivity index (χ4v) is 6.34. The summed E-state index contributed by atoms with van der Waals surface area (Å²) in [4.78, 5) is 19.6. The van der Waals surface area contributed by atoms with Crippen molar-refractivity contribution in [3.8, 4) is 11.1 Å². The van der Waals surface area contributed by atoms with Crippen LogP contribution >= 0.6 is 0 Å². The van der Waals surface area contributed by atoms with Crippen molar-refractivity contribution in [1.29, 1.82) is 0 Å². The summed E-state index contributed by atoms with van der Waals surface area (Å²) >= 11 is 0. The van der Waals surface area contributed by atoms with Crippen molar-refractivity contribution in [2.45, 2.75) is 57.6 Å². The number of carbonyl (C=O) groups is 1. The Morgan fingerprint density at radius 3 is 2.46 bits per heavy atom. The topological polar surface area (TPSA) is 64.3 Å².